The number of ether oxygens (including phenoxy) is 1. The van der Waals surface area contributed by atoms with Crippen LogP contribution in [0.3, 0.4) is 0 Å². The Kier molecular flexibility index (Phi) is 6.81. The molecule has 0 aliphatic heterocycles. The van der Waals surface area contributed by atoms with E-state index in [1.54, 1.807) is 30.1 Å². The Bertz CT molecular complexity index is 1530. The first-order valence-electron chi connectivity index (χ1n) is 11.9. The predicted molar refractivity (Wildman–Crippen MR) is 141 cm³/mol. The molecular formula is C29H26FN5O2. The molecule has 0 spiro atoms. The molecule has 0 aliphatic rings. The van der Waals surface area contributed by atoms with Crippen molar-refractivity contribution in [2.75, 3.05) is 12.4 Å². The Morgan fingerprint density at radius 1 is 0.946 bits per heavy atom. The number of benzene rings is 3. The van der Waals surface area contributed by atoms with Gasteiger partial charge in [0, 0.05) is 19.3 Å². The number of carbonyl (C=O) groups is 1. The van der Waals surface area contributed by atoms with Crippen LogP contribution in [0.15, 0.2) is 85.1 Å². The summed E-state index contributed by atoms with van der Waals surface area (Å²) in [6, 6.07) is 23.5. The number of aryl methyl sites for hydroxylation is 1. The number of nitrogens with zero attached hydrogens (tertiary/aromatic N) is 3. The smallest absolute Gasteiger partial charge is 0.255 e. The van der Waals surface area contributed by atoms with Gasteiger partial charge in [-0.1, -0.05) is 42.5 Å². The van der Waals surface area contributed by atoms with Crippen molar-refractivity contribution in [1.82, 2.24) is 20.1 Å². The maximum atomic E-state index is 13.3. The highest BCUT2D eigenvalue weighted by molar-refractivity contribution is 6.07. The maximum Gasteiger partial charge on any atom is 0.255 e. The summed E-state index contributed by atoms with van der Waals surface area (Å²) in [6.45, 7) is 2.65. The predicted octanol–water partition coefficient (Wildman–Crippen LogP) is 5.42. The second-order valence-electron chi connectivity index (χ2n) is 8.59. The molecule has 2 heterocycles. The molecule has 0 bridgehead atoms. The van der Waals surface area contributed by atoms with Crippen molar-refractivity contribution in [3.63, 3.8) is 0 Å². The summed E-state index contributed by atoms with van der Waals surface area (Å²) >= 11 is 0. The summed E-state index contributed by atoms with van der Waals surface area (Å²) in [5.74, 6) is 0.166. The third-order valence-corrected chi connectivity index (χ3v) is 6.11. The van der Waals surface area contributed by atoms with Crippen molar-refractivity contribution in [1.29, 1.82) is 0 Å². The molecule has 7 nitrogen and oxygen atoms in total. The van der Waals surface area contributed by atoms with Crippen molar-refractivity contribution >= 4 is 22.6 Å². The van der Waals surface area contributed by atoms with Gasteiger partial charge in [-0.3, -0.25) is 4.79 Å². The van der Waals surface area contributed by atoms with Crippen molar-refractivity contribution < 1.29 is 13.9 Å². The van der Waals surface area contributed by atoms with Crippen LogP contribution in [0.1, 0.15) is 27.2 Å². The Morgan fingerprint density at radius 2 is 1.62 bits per heavy atom. The zero-order valence-electron chi connectivity index (χ0n) is 20.5. The number of anilines is 1. The zero-order chi connectivity index (χ0) is 25.8. The topological polar surface area (TPSA) is 81.1 Å². The van der Waals surface area contributed by atoms with Gasteiger partial charge in [0.05, 0.1) is 35.1 Å². The van der Waals surface area contributed by atoms with Gasteiger partial charge in [0.15, 0.2) is 5.65 Å². The van der Waals surface area contributed by atoms with E-state index in [4.69, 9.17) is 9.84 Å². The zero-order valence-corrected chi connectivity index (χ0v) is 20.5. The van der Waals surface area contributed by atoms with Gasteiger partial charge >= 0.3 is 0 Å². The standard InChI is InChI=1S/C29H26FN5O2/c1-19-26-27(31-16-21-10-14-24(37-2)15-11-21)25(29(36)33-17-20-8-12-22(30)13-9-20)18-32-28(26)35(34-19)23-6-4-3-5-7-23/h3-15,18H,16-17H2,1-2H3,(H,31,32)(H,33,36). The number of amides is 1. The number of para-hydroxylation sites is 1. The van der Waals surface area contributed by atoms with E-state index in [-0.39, 0.29) is 18.3 Å². The van der Waals surface area contributed by atoms with Gasteiger partial charge in [-0.2, -0.15) is 5.10 Å². The van der Waals surface area contributed by atoms with E-state index >= 15 is 0 Å². The van der Waals surface area contributed by atoms with E-state index in [0.29, 0.717) is 23.4 Å². The number of rotatable bonds is 8. The first-order valence-corrected chi connectivity index (χ1v) is 11.9. The number of aromatic nitrogens is 3. The largest absolute Gasteiger partial charge is 0.497 e. The van der Waals surface area contributed by atoms with Crippen LogP contribution in [0.4, 0.5) is 10.1 Å². The fourth-order valence-corrected chi connectivity index (χ4v) is 4.17. The summed E-state index contributed by atoms with van der Waals surface area (Å²) in [5.41, 5.74) is 5.15. The molecular weight excluding hydrogens is 469 g/mol. The Labute approximate surface area is 213 Å². The Balaban J connectivity index is 1.51. The van der Waals surface area contributed by atoms with Gasteiger partial charge in [0.1, 0.15) is 11.6 Å². The summed E-state index contributed by atoms with van der Waals surface area (Å²) in [7, 11) is 1.63. The molecule has 8 heteroatoms. The van der Waals surface area contributed by atoms with Crippen LogP contribution in [-0.4, -0.2) is 27.8 Å². The third kappa shape index (κ3) is 5.13. The molecule has 5 rings (SSSR count). The number of carbonyl (C=O) groups excluding carboxylic acids is 1. The van der Waals surface area contributed by atoms with Gasteiger partial charge in [-0.15, -0.1) is 0 Å². The fourth-order valence-electron chi connectivity index (χ4n) is 4.17. The average molecular weight is 496 g/mol. The van der Waals surface area contributed by atoms with Gasteiger partial charge < -0.3 is 15.4 Å². The minimum Gasteiger partial charge on any atom is -0.497 e. The lowest BCUT2D eigenvalue weighted by molar-refractivity contribution is 0.0951. The van der Waals surface area contributed by atoms with E-state index < -0.39 is 0 Å². The van der Waals surface area contributed by atoms with Crippen LogP contribution < -0.4 is 15.4 Å². The van der Waals surface area contributed by atoms with Gasteiger partial charge in [-0.25, -0.2) is 14.1 Å². The fraction of sp³-hybridized carbons (Fsp3) is 0.138. The summed E-state index contributed by atoms with van der Waals surface area (Å²) in [4.78, 5) is 18.0. The summed E-state index contributed by atoms with van der Waals surface area (Å²) < 4.78 is 20.3. The third-order valence-electron chi connectivity index (χ3n) is 6.11. The highest BCUT2D eigenvalue weighted by atomic mass is 19.1. The lowest BCUT2D eigenvalue weighted by atomic mass is 10.1. The van der Waals surface area contributed by atoms with Crippen LogP contribution in [0.25, 0.3) is 16.7 Å². The van der Waals surface area contributed by atoms with Crippen LogP contribution in [0.5, 0.6) is 5.75 Å². The molecule has 0 atom stereocenters. The molecule has 0 fully saturated rings. The van der Waals surface area contributed by atoms with Crippen LogP contribution in [0.2, 0.25) is 0 Å². The molecule has 0 aliphatic carbocycles. The Hall–Kier alpha value is -4.72. The SMILES string of the molecule is COc1ccc(CNc2c(C(=O)NCc3ccc(F)cc3)cnc3c2c(C)nn3-c2ccccc2)cc1. The number of hydrogen-bond donors (Lipinski definition) is 2. The number of pyridine rings is 1. The lowest BCUT2D eigenvalue weighted by Gasteiger charge is -2.14. The maximum absolute atomic E-state index is 13.3. The monoisotopic (exact) mass is 495 g/mol. The Morgan fingerprint density at radius 3 is 2.32 bits per heavy atom. The van der Waals surface area contributed by atoms with Crippen molar-refractivity contribution in [3.05, 3.63) is 113 Å². The van der Waals surface area contributed by atoms with E-state index in [0.717, 1.165) is 33.6 Å². The highest BCUT2D eigenvalue weighted by Crippen LogP contribution is 2.31. The molecule has 0 unspecified atom stereocenters. The van der Waals surface area contributed by atoms with Crippen LogP contribution in [0, 0.1) is 12.7 Å². The summed E-state index contributed by atoms with van der Waals surface area (Å²) in [6.07, 6.45) is 1.57. The molecule has 0 saturated heterocycles. The number of hydrogen-bond acceptors (Lipinski definition) is 5. The number of halogens is 1. The highest BCUT2D eigenvalue weighted by Gasteiger charge is 2.21. The van der Waals surface area contributed by atoms with Crippen molar-refractivity contribution in [2.24, 2.45) is 0 Å². The van der Waals surface area contributed by atoms with Crippen molar-refractivity contribution in [2.45, 2.75) is 20.0 Å². The number of fused-ring (bicyclic) bond motifs is 1. The molecule has 3 aromatic carbocycles. The quantitative estimate of drug-likeness (QED) is 0.301. The molecule has 2 N–H and O–H groups in total. The molecule has 37 heavy (non-hydrogen) atoms. The minimum atomic E-state index is -0.319. The molecule has 0 radical (unpaired) electrons. The van der Waals surface area contributed by atoms with E-state index in [9.17, 15) is 9.18 Å². The minimum absolute atomic E-state index is 0.261. The van der Waals surface area contributed by atoms with Gasteiger partial charge in [-0.05, 0) is 54.4 Å². The molecule has 1 amide bonds. The lowest BCUT2D eigenvalue weighted by Crippen LogP contribution is -2.24. The number of methoxy groups -OCH3 is 1. The van der Waals surface area contributed by atoms with Gasteiger partial charge in [0.25, 0.3) is 5.91 Å². The molecule has 5 aromatic rings. The van der Waals surface area contributed by atoms with E-state index in [1.165, 1.54) is 12.1 Å². The molecule has 2 aromatic heterocycles. The van der Waals surface area contributed by atoms with Crippen LogP contribution >= 0.6 is 0 Å². The van der Waals surface area contributed by atoms with E-state index in [1.807, 2.05) is 61.5 Å². The van der Waals surface area contributed by atoms with Crippen LogP contribution in [-0.2, 0) is 13.1 Å². The normalized spacial score (nSPS) is 10.9. The second kappa shape index (κ2) is 10.5. The van der Waals surface area contributed by atoms with Crippen molar-refractivity contribution in [3.8, 4) is 11.4 Å². The summed E-state index contributed by atoms with van der Waals surface area (Å²) in [5, 5.41) is 11.9. The second-order valence-corrected chi connectivity index (χ2v) is 8.59. The average Bonchev–Trinajstić information content (AvgIpc) is 3.28. The number of nitrogens with one attached hydrogen (secondary N) is 2. The van der Waals surface area contributed by atoms with E-state index in [2.05, 4.69) is 15.6 Å². The van der Waals surface area contributed by atoms with Gasteiger partial charge in [0.2, 0.25) is 0 Å². The molecule has 186 valence electrons. The first-order chi connectivity index (χ1) is 18.0. The first kappa shape index (κ1) is 24.0. The molecule has 0 saturated carbocycles.